The van der Waals surface area contributed by atoms with Crippen molar-refractivity contribution in [2.45, 2.75) is 33.2 Å². The molecule has 0 fully saturated rings. The molecule has 0 aliphatic rings. The quantitative estimate of drug-likeness (QED) is 0.584. The van der Waals surface area contributed by atoms with Crippen LogP contribution in [0, 0.1) is 11.2 Å². The van der Waals surface area contributed by atoms with Gasteiger partial charge >= 0.3 is 0 Å². The molecule has 0 rings (SSSR count). The molecule has 2 unspecified atom stereocenters. The Hall–Kier alpha value is 0.310. The Kier molecular flexibility index (Phi) is 4.32. The van der Waals surface area contributed by atoms with E-state index in [-0.39, 0.29) is 6.04 Å². The lowest BCUT2D eigenvalue weighted by atomic mass is 10.0. The van der Waals surface area contributed by atoms with Crippen molar-refractivity contribution in [3.63, 3.8) is 0 Å². The highest BCUT2D eigenvalue weighted by Crippen LogP contribution is 2.23. The third-order valence-electron chi connectivity index (χ3n) is 1.58. The van der Waals surface area contributed by atoms with Crippen molar-refractivity contribution < 1.29 is 0 Å². The summed E-state index contributed by atoms with van der Waals surface area (Å²) >= 11 is 4.29. The molecule has 2 atom stereocenters. The molecular weight excluding hydrogens is 130 g/mol. The topological polar surface area (TPSA) is 26.0 Å². The first-order chi connectivity index (χ1) is 4.09. The Morgan fingerprint density at radius 3 is 2.11 bits per heavy atom. The summed E-state index contributed by atoms with van der Waals surface area (Å²) < 4.78 is 0. The van der Waals surface area contributed by atoms with Crippen molar-refractivity contribution in [1.82, 2.24) is 0 Å². The van der Waals surface area contributed by atoms with Crippen molar-refractivity contribution in [3.8, 4) is 0 Å². The molecule has 0 aliphatic carbocycles. The predicted octanol–water partition coefficient (Wildman–Crippen LogP) is 1.84. The minimum atomic E-state index is 0.128. The second-order valence-corrected chi connectivity index (χ2v) is 3.04. The van der Waals surface area contributed by atoms with Gasteiger partial charge in [0.25, 0.3) is 0 Å². The standard InChI is InChI=1S/C7H16NS/c1-4-5(2)7(9)6(3)8/h5-6,9H,4,8H2,1-3H3. The lowest BCUT2D eigenvalue weighted by Crippen LogP contribution is -2.25. The molecule has 0 saturated heterocycles. The van der Waals surface area contributed by atoms with Crippen molar-refractivity contribution in [1.29, 1.82) is 0 Å². The van der Waals surface area contributed by atoms with Crippen LogP contribution >= 0.6 is 12.6 Å². The van der Waals surface area contributed by atoms with Gasteiger partial charge in [-0.05, 0) is 12.8 Å². The van der Waals surface area contributed by atoms with E-state index in [1.807, 2.05) is 6.92 Å². The number of nitrogens with two attached hydrogens (primary N) is 1. The maximum absolute atomic E-state index is 5.60. The molecule has 55 valence electrons. The monoisotopic (exact) mass is 146 g/mol. The number of hydrogen-bond acceptors (Lipinski definition) is 2. The predicted molar refractivity (Wildman–Crippen MR) is 45.3 cm³/mol. The summed E-state index contributed by atoms with van der Waals surface area (Å²) in [6, 6.07) is 0.128. The third kappa shape index (κ3) is 3.11. The summed E-state index contributed by atoms with van der Waals surface area (Å²) in [6.45, 7) is 6.25. The molecule has 2 heteroatoms. The van der Waals surface area contributed by atoms with E-state index in [0.29, 0.717) is 5.92 Å². The molecule has 2 N–H and O–H groups in total. The molecule has 0 aromatic carbocycles. The average Bonchev–Trinajstić information content (AvgIpc) is 1.84. The molecule has 0 amide bonds. The molecule has 9 heavy (non-hydrogen) atoms. The molecule has 0 aliphatic heterocycles. The smallest absolute Gasteiger partial charge is 0.0464 e. The molecule has 0 aromatic heterocycles. The fourth-order valence-corrected chi connectivity index (χ4v) is 0.840. The summed E-state index contributed by atoms with van der Waals surface area (Å²) in [4.78, 5) is 0. The fraction of sp³-hybridized carbons (Fsp3) is 0.857. The van der Waals surface area contributed by atoms with Crippen LogP contribution in [-0.2, 0) is 0 Å². The second kappa shape index (κ2) is 4.18. The van der Waals surface area contributed by atoms with E-state index in [1.54, 1.807) is 0 Å². The van der Waals surface area contributed by atoms with Crippen LogP contribution in [0.25, 0.3) is 0 Å². The highest BCUT2D eigenvalue weighted by molar-refractivity contribution is 7.83. The van der Waals surface area contributed by atoms with Gasteiger partial charge < -0.3 is 5.73 Å². The molecule has 0 aromatic rings. The first-order valence-electron chi connectivity index (χ1n) is 3.40. The van der Waals surface area contributed by atoms with E-state index in [1.165, 1.54) is 0 Å². The van der Waals surface area contributed by atoms with E-state index in [9.17, 15) is 0 Å². The van der Waals surface area contributed by atoms with Crippen molar-refractivity contribution in [2.75, 3.05) is 0 Å². The molecule has 1 radical (unpaired) electrons. The van der Waals surface area contributed by atoms with Crippen molar-refractivity contribution >= 4 is 12.6 Å². The number of hydrogen-bond donors (Lipinski definition) is 2. The van der Waals surface area contributed by atoms with Gasteiger partial charge in [-0.2, -0.15) is 12.6 Å². The van der Waals surface area contributed by atoms with Gasteiger partial charge in [0.05, 0.1) is 0 Å². The highest BCUT2D eigenvalue weighted by Gasteiger charge is 2.15. The van der Waals surface area contributed by atoms with Gasteiger partial charge in [0.15, 0.2) is 0 Å². The lowest BCUT2D eigenvalue weighted by molar-refractivity contribution is 0.573. The van der Waals surface area contributed by atoms with Crippen LogP contribution in [0.1, 0.15) is 27.2 Å². The van der Waals surface area contributed by atoms with Gasteiger partial charge in [0.2, 0.25) is 0 Å². The van der Waals surface area contributed by atoms with E-state index >= 15 is 0 Å². The van der Waals surface area contributed by atoms with E-state index in [4.69, 9.17) is 5.73 Å². The largest absolute Gasteiger partial charge is 0.327 e. The summed E-state index contributed by atoms with van der Waals surface area (Å²) in [6.07, 6.45) is 1.13. The lowest BCUT2D eigenvalue weighted by Gasteiger charge is -2.19. The molecule has 0 saturated carbocycles. The van der Waals surface area contributed by atoms with Crippen LogP contribution in [0.4, 0.5) is 0 Å². The Morgan fingerprint density at radius 2 is 2.00 bits per heavy atom. The Bertz CT molecular complexity index is 73.3. The number of rotatable bonds is 3. The molecular formula is C7H16NS. The Labute approximate surface area is 63.4 Å². The van der Waals surface area contributed by atoms with Crippen LogP contribution in [0.3, 0.4) is 0 Å². The molecule has 0 spiro atoms. The summed E-state index contributed by atoms with van der Waals surface area (Å²) in [5.41, 5.74) is 5.60. The fourth-order valence-electron chi connectivity index (χ4n) is 0.658. The van der Waals surface area contributed by atoms with E-state index < -0.39 is 0 Å². The second-order valence-electron chi connectivity index (χ2n) is 2.52. The normalized spacial score (nSPS) is 18.0. The van der Waals surface area contributed by atoms with Crippen LogP contribution in [0.15, 0.2) is 0 Å². The van der Waals surface area contributed by atoms with Crippen LogP contribution in [0.5, 0.6) is 0 Å². The minimum absolute atomic E-state index is 0.128. The zero-order valence-corrected chi connectivity index (χ0v) is 7.28. The Morgan fingerprint density at radius 1 is 1.56 bits per heavy atom. The van der Waals surface area contributed by atoms with Gasteiger partial charge in [-0.25, -0.2) is 0 Å². The maximum Gasteiger partial charge on any atom is 0.0464 e. The maximum atomic E-state index is 5.60. The van der Waals surface area contributed by atoms with Gasteiger partial charge in [0.1, 0.15) is 0 Å². The SMILES string of the molecule is CCC(C)[C](S)C(C)N. The molecule has 0 heterocycles. The third-order valence-corrected chi connectivity index (χ3v) is 2.43. The van der Waals surface area contributed by atoms with E-state index in [2.05, 4.69) is 26.5 Å². The minimum Gasteiger partial charge on any atom is -0.327 e. The van der Waals surface area contributed by atoms with Gasteiger partial charge in [-0.3, -0.25) is 0 Å². The van der Waals surface area contributed by atoms with Crippen LogP contribution < -0.4 is 5.73 Å². The van der Waals surface area contributed by atoms with Gasteiger partial charge in [0, 0.05) is 11.3 Å². The zero-order valence-electron chi connectivity index (χ0n) is 6.39. The zero-order chi connectivity index (χ0) is 7.44. The summed E-state index contributed by atoms with van der Waals surface area (Å²) in [5, 5.41) is 1.11. The van der Waals surface area contributed by atoms with Crippen LogP contribution in [0.2, 0.25) is 0 Å². The molecule has 0 bridgehead atoms. The first-order valence-corrected chi connectivity index (χ1v) is 3.85. The van der Waals surface area contributed by atoms with E-state index in [0.717, 1.165) is 11.7 Å². The summed E-state index contributed by atoms with van der Waals surface area (Å²) in [5.74, 6) is 0.549. The Balaban J connectivity index is 3.58. The van der Waals surface area contributed by atoms with Crippen molar-refractivity contribution in [2.24, 2.45) is 11.7 Å². The van der Waals surface area contributed by atoms with Gasteiger partial charge in [-0.1, -0.05) is 20.3 Å². The van der Waals surface area contributed by atoms with Crippen molar-refractivity contribution in [3.05, 3.63) is 5.25 Å². The number of thiol groups is 1. The summed E-state index contributed by atoms with van der Waals surface area (Å²) in [7, 11) is 0. The highest BCUT2D eigenvalue weighted by atomic mass is 32.1. The van der Waals surface area contributed by atoms with Crippen LogP contribution in [-0.4, -0.2) is 6.04 Å². The molecule has 1 nitrogen and oxygen atoms in total. The average molecular weight is 146 g/mol. The van der Waals surface area contributed by atoms with Gasteiger partial charge in [-0.15, -0.1) is 0 Å². The first kappa shape index (κ1) is 9.31.